The van der Waals surface area contributed by atoms with Crippen molar-refractivity contribution in [3.63, 3.8) is 0 Å². The molecule has 0 spiro atoms. The van der Waals surface area contributed by atoms with Gasteiger partial charge in [0, 0.05) is 45.0 Å². The van der Waals surface area contributed by atoms with Crippen molar-refractivity contribution in [3.8, 4) is 0 Å². The van der Waals surface area contributed by atoms with Crippen molar-refractivity contribution < 1.29 is 9.53 Å². The van der Waals surface area contributed by atoms with Gasteiger partial charge in [0.25, 0.3) is 0 Å². The van der Waals surface area contributed by atoms with E-state index < -0.39 is 0 Å². The van der Waals surface area contributed by atoms with E-state index in [4.69, 9.17) is 4.74 Å². The third-order valence-corrected chi connectivity index (χ3v) is 4.95. The lowest BCUT2D eigenvalue weighted by molar-refractivity contribution is -0.116. The standard InChI is InChI=1S/C19H24N6O2/c1-14-6-8-20-25(14)9-7-17(26)21-19-18-15(23(2)22-19)4-3-5-16(18)24-10-12-27-13-11-24/h3-6,8H,7,9-13H2,1-2H3,(H,21,22,26). The molecule has 1 N–H and O–H groups in total. The van der Waals surface area contributed by atoms with Crippen LogP contribution in [0.25, 0.3) is 10.9 Å². The number of hydrogen-bond donors (Lipinski definition) is 1. The molecule has 2 aromatic heterocycles. The number of ether oxygens (including phenoxy) is 1. The fourth-order valence-corrected chi connectivity index (χ4v) is 3.48. The van der Waals surface area contributed by atoms with Gasteiger partial charge in [-0.3, -0.25) is 14.2 Å². The minimum Gasteiger partial charge on any atom is -0.378 e. The summed E-state index contributed by atoms with van der Waals surface area (Å²) in [5.41, 5.74) is 3.13. The zero-order valence-electron chi connectivity index (χ0n) is 15.7. The minimum absolute atomic E-state index is 0.0679. The Morgan fingerprint density at radius 2 is 2.07 bits per heavy atom. The third-order valence-electron chi connectivity index (χ3n) is 4.95. The number of fused-ring (bicyclic) bond motifs is 1. The first-order valence-corrected chi connectivity index (χ1v) is 9.20. The molecule has 3 heterocycles. The van der Waals surface area contributed by atoms with E-state index in [-0.39, 0.29) is 5.91 Å². The predicted molar refractivity (Wildman–Crippen MR) is 104 cm³/mol. The number of rotatable bonds is 5. The van der Waals surface area contributed by atoms with Crippen molar-refractivity contribution in [3.05, 3.63) is 36.2 Å². The topological polar surface area (TPSA) is 77.2 Å². The van der Waals surface area contributed by atoms with Crippen molar-refractivity contribution in [1.29, 1.82) is 0 Å². The minimum atomic E-state index is -0.0679. The molecular formula is C19H24N6O2. The summed E-state index contributed by atoms with van der Waals surface area (Å²) in [7, 11) is 1.90. The number of morpholine rings is 1. The van der Waals surface area contributed by atoms with Crippen LogP contribution in [-0.2, 0) is 23.1 Å². The van der Waals surface area contributed by atoms with Gasteiger partial charge in [-0.05, 0) is 25.1 Å². The molecule has 142 valence electrons. The molecule has 1 aliphatic heterocycles. The van der Waals surface area contributed by atoms with Crippen molar-refractivity contribution in [1.82, 2.24) is 19.6 Å². The van der Waals surface area contributed by atoms with Crippen LogP contribution >= 0.6 is 0 Å². The summed E-state index contributed by atoms with van der Waals surface area (Å²) in [5.74, 6) is 0.540. The Bertz CT molecular complexity index is 954. The first kappa shape index (κ1) is 17.5. The Balaban J connectivity index is 1.57. The molecule has 8 heteroatoms. The molecule has 0 unspecified atom stereocenters. The van der Waals surface area contributed by atoms with Gasteiger partial charge in [-0.2, -0.15) is 10.2 Å². The van der Waals surface area contributed by atoms with Gasteiger partial charge >= 0.3 is 0 Å². The average Bonchev–Trinajstić information content (AvgIpc) is 3.24. The fraction of sp³-hybridized carbons (Fsp3) is 0.421. The molecule has 1 fully saturated rings. The monoisotopic (exact) mass is 368 g/mol. The van der Waals surface area contributed by atoms with E-state index in [9.17, 15) is 4.79 Å². The summed E-state index contributed by atoms with van der Waals surface area (Å²) in [6.45, 7) is 5.61. The van der Waals surface area contributed by atoms with Crippen LogP contribution < -0.4 is 10.2 Å². The van der Waals surface area contributed by atoms with Crippen molar-refractivity contribution in [2.24, 2.45) is 7.05 Å². The highest BCUT2D eigenvalue weighted by Crippen LogP contribution is 2.33. The molecule has 0 atom stereocenters. The summed E-state index contributed by atoms with van der Waals surface area (Å²) in [6.07, 6.45) is 2.09. The second-order valence-corrected chi connectivity index (χ2v) is 6.74. The van der Waals surface area contributed by atoms with E-state index in [0.717, 1.165) is 35.4 Å². The Morgan fingerprint density at radius 1 is 1.26 bits per heavy atom. The summed E-state index contributed by atoms with van der Waals surface area (Å²) in [5, 5.41) is 12.7. The molecule has 1 aromatic carbocycles. The molecule has 0 aliphatic carbocycles. The van der Waals surface area contributed by atoms with Gasteiger partial charge in [0.2, 0.25) is 5.91 Å². The van der Waals surface area contributed by atoms with Crippen LogP contribution in [-0.4, -0.2) is 51.8 Å². The molecule has 1 amide bonds. The molecular weight excluding hydrogens is 344 g/mol. The smallest absolute Gasteiger partial charge is 0.227 e. The first-order valence-electron chi connectivity index (χ1n) is 9.20. The number of hydrogen-bond acceptors (Lipinski definition) is 5. The van der Waals surface area contributed by atoms with Crippen LogP contribution in [0.4, 0.5) is 11.5 Å². The number of carbonyl (C=O) groups excluding carboxylic acids is 1. The molecule has 0 saturated carbocycles. The number of aromatic nitrogens is 4. The van der Waals surface area contributed by atoms with Crippen LogP contribution in [0, 0.1) is 6.92 Å². The molecule has 0 radical (unpaired) electrons. The van der Waals surface area contributed by atoms with Gasteiger partial charge in [-0.25, -0.2) is 0 Å². The summed E-state index contributed by atoms with van der Waals surface area (Å²) in [4.78, 5) is 14.8. The zero-order valence-corrected chi connectivity index (χ0v) is 15.7. The van der Waals surface area contributed by atoms with E-state index in [1.165, 1.54) is 0 Å². The Labute approximate surface area is 157 Å². The normalized spacial score (nSPS) is 14.7. The highest BCUT2D eigenvalue weighted by molar-refractivity contribution is 6.06. The van der Waals surface area contributed by atoms with E-state index in [1.807, 2.05) is 41.5 Å². The fourth-order valence-electron chi connectivity index (χ4n) is 3.48. The largest absolute Gasteiger partial charge is 0.378 e. The summed E-state index contributed by atoms with van der Waals surface area (Å²) >= 11 is 0. The highest BCUT2D eigenvalue weighted by Gasteiger charge is 2.20. The number of nitrogens with one attached hydrogen (secondary N) is 1. The molecule has 27 heavy (non-hydrogen) atoms. The lowest BCUT2D eigenvalue weighted by Crippen LogP contribution is -2.36. The summed E-state index contributed by atoms with van der Waals surface area (Å²) < 4.78 is 9.11. The van der Waals surface area contributed by atoms with Crippen LogP contribution in [0.2, 0.25) is 0 Å². The van der Waals surface area contributed by atoms with Crippen LogP contribution in [0.5, 0.6) is 0 Å². The molecule has 1 aliphatic rings. The van der Waals surface area contributed by atoms with Crippen LogP contribution in [0.15, 0.2) is 30.5 Å². The first-order chi connectivity index (χ1) is 13.1. The zero-order chi connectivity index (χ0) is 18.8. The lowest BCUT2D eigenvalue weighted by Gasteiger charge is -2.29. The second-order valence-electron chi connectivity index (χ2n) is 6.74. The number of carbonyl (C=O) groups is 1. The number of anilines is 2. The number of benzene rings is 1. The highest BCUT2D eigenvalue weighted by atomic mass is 16.5. The quantitative estimate of drug-likeness (QED) is 0.745. The van der Waals surface area contributed by atoms with Gasteiger partial charge in [0.05, 0.1) is 29.8 Å². The Hall–Kier alpha value is -2.87. The molecule has 4 rings (SSSR count). The SMILES string of the molecule is Cc1ccnn1CCC(=O)Nc1nn(C)c2cccc(N3CCOCC3)c12. The van der Waals surface area contributed by atoms with Crippen LogP contribution in [0.3, 0.4) is 0 Å². The molecule has 3 aromatic rings. The second kappa shape index (κ2) is 7.40. The molecule has 0 bridgehead atoms. The van der Waals surface area contributed by atoms with Crippen LogP contribution in [0.1, 0.15) is 12.1 Å². The van der Waals surface area contributed by atoms with E-state index in [2.05, 4.69) is 26.5 Å². The van der Waals surface area contributed by atoms with Gasteiger partial charge in [0.1, 0.15) is 0 Å². The van der Waals surface area contributed by atoms with E-state index in [0.29, 0.717) is 32.0 Å². The Kier molecular flexibility index (Phi) is 4.81. The molecule has 1 saturated heterocycles. The maximum absolute atomic E-state index is 12.5. The Morgan fingerprint density at radius 3 is 2.81 bits per heavy atom. The van der Waals surface area contributed by atoms with Gasteiger partial charge in [-0.1, -0.05) is 6.07 Å². The average molecular weight is 368 g/mol. The van der Waals surface area contributed by atoms with Gasteiger partial charge in [-0.15, -0.1) is 0 Å². The number of amides is 1. The van der Waals surface area contributed by atoms with Crippen molar-refractivity contribution in [2.45, 2.75) is 19.9 Å². The summed E-state index contributed by atoms with van der Waals surface area (Å²) in [6, 6.07) is 8.06. The van der Waals surface area contributed by atoms with Crippen molar-refractivity contribution >= 4 is 28.3 Å². The maximum Gasteiger partial charge on any atom is 0.227 e. The predicted octanol–water partition coefficient (Wildman–Crippen LogP) is 1.94. The van der Waals surface area contributed by atoms with E-state index >= 15 is 0 Å². The third kappa shape index (κ3) is 3.52. The molecule has 8 nitrogen and oxygen atoms in total. The lowest BCUT2D eigenvalue weighted by atomic mass is 10.1. The number of nitrogens with zero attached hydrogens (tertiary/aromatic N) is 5. The van der Waals surface area contributed by atoms with Gasteiger partial charge in [0.15, 0.2) is 5.82 Å². The van der Waals surface area contributed by atoms with E-state index in [1.54, 1.807) is 6.20 Å². The van der Waals surface area contributed by atoms with Crippen molar-refractivity contribution in [2.75, 3.05) is 36.5 Å². The van der Waals surface area contributed by atoms with Gasteiger partial charge < -0.3 is 15.0 Å². The number of aryl methyl sites for hydroxylation is 3. The maximum atomic E-state index is 12.5.